The smallest absolute Gasteiger partial charge is 0.150 e. The minimum atomic E-state index is -0.878. The third-order valence-corrected chi connectivity index (χ3v) is 3.95. The highest BCUT2D eigenvalue weighted by Gasteiger charge is 2.35. The van der Waals surface area contributed by atoms with Crippen molar-refractivity contribution in [2.75, 3.05) is 11.4 Å². The first-order valence-corrected chi connectivity index (χ1v) is 7.09. The second-order valence-corrected chi connectivity index (χ2v) is 5.51. The second kappa shape index (κ2) is 5.94. The topological polar surface area (TPSA) is 47.3 Å². The van der Waals surface area contributed by atoms with Crippen molar-refractivity contribution in [1.82, 2.24) is 0 Å². The summed E-state index contributed by atoms with van der Waals surface area (Å²) in [7, 11) is 0. The molecule has 0 saturated carbocycles. The molecule has 0 radical (unpaired) electrons. The van der Waals surface area contributed by atoms with Crippen LogP contribution in [0.5, 0.6) is 0 Å². The average Bonchev–Trinajstić information content (AvgIpc) is 2.88. The van der Waals surface area contributed by atoms with E-state index in [9.17, 15) is 18.3 Å². The Bertz CT molecular complexity index is 765. The van der Waals surface area contributed by atoms with E-state index in [1.807, 2.05) is 0 Å². The van der Waals surface area contributed by atoms with Gasteiger partial charge in [-0.2, -0.15) is 5.26 Å². The van der Waals surface area contributed by atoms with Crippen LogP contribution >= 0.6 is 0 Å². The maximum absolute atomic E-state index is 14.3. The molecule has 3 nitrogen and oxygen atoms in total. The van der Waals surface area contributed by atoms with Gasteiger partial charge in [0.15, 0.2) is 11.6 Å². The number of β-amino-alcohol motifs (C(OH)–C–C–N with tert-alkyl or cyclic N) is 1. The summed E-state index contributed by atoms with van der Waals surface area (Å²) in [4.78, 5) is 1.38. The minimum Gasteiger partial charge on any atom is -0.391 e. The first-order valence-electron chi connectivity index (χ1n) is 7.09. The average molecular weight is 318 g/mol. The lowest BCUT2D eigenvalue weighted by atomic mass is 10.0. The standard InChI is InChI=1S/C17H13F3N2O/c18-12-3-1-2-11(6-12)16-7-13(23)9-22(16)17-14(19)4-10(8-21)5-15(17)20/h1-6,13,16,23H,7,9H2/t13-,16+/m1/s1. The van der Waals surface area contributed by atoms with Crippen molar-refractivity contribution < 1.29 is 18.3 Å². The molecule has 6 heteroatoms. The van der Waals surface area contributed by atoms with Crippen LogP contribution in [0.25, 0.3) is 0 Å². The molecule has 2 atom stereocenters. The summed E-state index contributed by atoms with van der Waals surface area (Å²) >= 11 is 0. The molecule has 0 bridgehead atoms. The molecule has 1 heterocycles. The normalized spacial score (nSPS) is 20.6. The molecule has 2 aromatic carbocycles. The van der Waals surface area contributed by atoms with Crippen LogP contribution < -0.4 is 4.90 Å². The SMILES string of the molecule is N#Cc1cc(F)c(N2C[C@H](O)C[C@H]2c2cccc(F)c2)c(F)c1. The molecule has 1 aliphatic rings. The van der Waals surface area contributed by atoms with Gasteiger partial charge in [-0.1, -0.05) is 12.1 Å². The predicted molar refractivity (Wildman–Crippen MR) is 78.2 cm³/mol. The maximum Gasteiger partial charge on any atom is 0.150 e. The molecule has 118 valence electrons. The number of aliphatic hydroxyl groups excluding tert-OH is 1. The van der Waals surface area contributed by atoms with Crippen molar-refractivity contribution in [3.63, 3.8) is 0 Å². The molecule has 2 aromatic rings. The Morgan fingerprint density at radius 1 is 1.13 bits per heavy atom. The van der Waals surface area contributed by atoms with Gasteiger partial charge in [-0.05, 0) is 36.2 Å². The van der Waals surface area contributed by atoms with Gasteiger partial charge in [0.2, 0.25) is 0 Å². The second-order valence-electron chi connectivity index (χ2n) is 5.51. The minimum absolute atomic E-state index is 0.0287. The zero-order valence-electron chi connectivity index (χ0n) is 12.0. The highest BCUT2D eigenvalue weighted by molar-refractivity contribution is 5.55. The number of benzene rings is 2. The fraction of sp³-hybridized carbons (Fsp3) is 0.235. The summed E-state index contributed by atoms with van der Waals surface area (Å²) in [6, 6.07) is 8.78. The van der Waals surface area contributed by atoms with E-state index in [0.717, 1.165) is 12.1 Å². The van der Waals surface area contributed by atoms with Crippen molar-refractivity contribution in [3.8, 4) is 6.07 Å². The van der Waals surface area contributed by atoms with Crippen LogP contribution in [0, 0.1) is 28.8 Å². The van der Waals surface area contributed by atoms with Crippen LogP contribution in [-0.2, 0) is 0 Å². The predicted octanol–water partition coefficient (Wildman–Crippen LogP) is 3.29. The largest absolute Gasteiger partial charge is 0.391 e. The number of nitrogens with zero attached hydrogens (tertiary/aromatic N) is 2. The fourth-order valence-electron chi connectivity index (χ4n) is 3.00. The van der Waals surface area contributed by atoms with E-state index in [1.54, 1.807) is 12.1 Å². The van der Waals surface area contributed by atoms with Crippen molar-refractivity contribution in [2.24, 2.45) is 0 Å². The summed E-state index contributed by atoms with van der Waals surface area (Å²) in [5.41, 5.74) is 0.102. The van der Waals surface area contributed by atoms with Crippen LogP contribution in [0.1, 0.15) is 23.6 Å². The van der Waals surface area contributed by atoms with Crippen molar-refractivity contribution in [1.29, 1.82) is 5.26 Å². The van der Waals surface area contributed by atoms with Crippen molar-refractivity contribution in [2.45, 2.75) is 18.6 Å². The molecule has 3 rings (SSSR count). The van der Waals surface area contributed by atoms with Crippen LogP contribution in [0.4, 0.5) is 18.9 Å². The summed E-state index contributed by atoms with van der Waals surface area (Å²) in [5.74, 6) is -2.21. The molecule has 1 fully saturated rings. The van der Waals surface area contributed by atoms with E-state index >= 15 is 0 Å². The number of aliphatic hydroxyl groups is 1. The number of anilines is 1. The van der Waals surface area contributed by atoms with Crippen LogP contribution in [0.3, 0.4) is 0 Å². The van der Waals surface area contributed by atoms with Crippen LogP contribution in [0.15, 0.2) is 36.4 Å². The van der Waals surface area contributed by atoms with E-state index in [1.165, 1.54) is 23.1 Å². The van der Waals surface area contributed by atoms with Gasteiger partial charge >= 0.3 is 0 Å². The Labute approximate surface area is 131 Å². The highest BCUT2D eigenvalue weighted by atomic mass is 19.1. The Morgan fingerprint density at radius 2 is 1.83 bits per heavy atom. The van der Waals surface area contributed by atoms with Gasteiger partial charge in [-0.15, -0.1) is 0 Å². The molecule has 0 aliphatic carbocycles. The number of nitriles is 1. The van der Waals surface area contributed by atoms with Gasteiger partial charge in [-0.3, -0.25) is 0 Å². The first kappa shape index (κ1) is 15.4. The summed E-state index contributed by atoms with van der Waals surface area (Å²) in [6.07, 6.45) is -0.541. The Hall–Kier alpha value is -2.52. The van der Waals surface area contributed by atoms with E-state index in [2.05, 4.69) is 0 Å². The quantitative estimate of drug-likeness (QED) is 0.924. The Kier molecular flexibility index (Phi) is 3.97. The Balaban J connectivity index is 2.06. The molecule has 1 aliphatic heterocycles. The molecular weight excluding hydrogens is 305 g/mol. The Morgan fingerprint density at radius 3 is 2.43 bits per heavy atom. The number of rotatable bonds is 2. The fourth-order valence-corrected chi connectivity index (χ4v) is 3.00. The van der Waals surface area contributed by atoms with E-state index in [4.69, 9.17) is 5.26 Å². The molecule has 23 heavy (non-hydrogen) atoms. The van der Waals surface area contributed by atoms with Gasteiger partial charge in [0.05, 0.1) is 23.8 Å². The molecule has 0 unspecified atom stereocenters. The summed E-state index contributed by atoms with van der Waals surface area (Å²) < 4.78 is 42.0. The third-order valence-electron chi connectivity index (χ3n) is 3.95. The van der Waals surface area contributed by atoms with Crippen LogP contribution in [-0.4, -0.2) is 17.8 Å². The molecular formula is C17H13F3N2O. The first-order chi connectivity index (χ1) is 11.0. The number of hydrogen-bond acceptors (Lipinski definition) is 3. The van der Waals surface area contributed by atoms with Crippen LogP contribution in [0.2, 0.25) is 0 Å². The lowest BCUT2D eigenvalue weighted by Gasteiger charge is -2.27. The van der Waals surface area contributed by atoms with E-state index in [-0.39, 0.29) is 24.2 Å². The summed E-state index contributed by atoms with van der Waals surface area (Å²) in [6.45, 7) is 0.0287. The number of halogens is 3. The molecule has 1 saturated heterocycles. The molecule has 0 spiro atoms. The van der Waals surface area contributed by atoms with Gasteiger partial charge in [0.25, 0.3) is 0 Å². The van der Waals surface area contributed by atoms with Gasteiger partial charge in [0.1, 0.15) is 11.5 Å². The third kappa shape index (κ3) is 2.88. The van der Waals surface area contributed by atoms with Gasteiger partial charge in [-0.25, -0.2) is 13.2 Å². The van der Waals surface area contributed by atoms with Crippen molar-refractivity contribution >= 4 is 5.69 Å². The lowest BCUT2D eigenvalue weighted by Crippen LogP contribution is -2.26. The molecule has 0 amide bonds. The summed E-state index contributed by atoms with van der Waals surface area (Å²) in [5, 5.41) is 18.7. The van der Waals surface area contributed by atoms with E-state index in [0.29, 0.717) is 5.56 Å². The molecule has 1 N–H and O–H groups in total. The zero-order chi connectivity index (χ0) is 16.6. The highest BCUT2D eigenvalue weighted by Crippen LogP contribution is 2.39. The lowest BCUT2D eigenvalue weighted by molar-refractivity contribution is 0.194. The maximum atomic E-state index is 14.3. The molecule has 0 aromatic heterocycles. The zero-order valence-corrected chi connectivity index (χ0v) is 12.0. The van der Waals surface area contributed by atoms with Gasteiger partial charge < -0.3 is 10.0 Å². The van der Waals surface area contributed by atoms with E-state index < -0.39 is 29.6 Å². The van der Waals surface area contributed by atoms with Gasteiger partial charge in [0, 0.05) is 6.54 Å². The number of hydrogen-bond donors (Lipinski definition) is 1. The monoisotopic (exact) mass is 318 g/mol. The van der Waals surface area contributed by atoms with Crippen molar-refractivity contribution in [3.05, 3.63) is 65.0 Å².